The average Bonchev–Trinajstić information content (AvgIpc) is 2.28. The molecule has 1 aromatic carbocycles. The SMILES string of the molecule is Nc1cc(Cl)ccc1S(=O)(=O)NCCCCCO. The van der Waals surface area contributed by atoms with E-state index in [9.17, 15) is 8.42 Å². The molecule has 4 N–H and O–H groups in total. The molecule has 0 aliphatic heterocycles. The van der Waals surface area contributed by atoms with E-state index in [1.807, 2.05) is 0 Å². The lowest BCUT2D eigenvalue weighted by molar-refractivity contribution is 0.283. The molecule has 5 nitrogen and oxygen atoms in total. The van der Waals surface area contributed by atoms with Crippen molar-refractivity contribution in [1.82, 2.24) is 4.72 Å². The fraction of sp³-hybridized carbons (Fsp3) is 0.455. The molecule has 0 saturated carbocycles. The molecule has 0 aliphatic rings. The van der Waals surface area contributed by atoms with Crippen molar-refractivity contribution in [3.63, 3.8) is 0 Å². The largest absolute Gasteiger partial charge is 0.398 e. The van der Waals surface area contributed by atoms with Gasteiger partial charge in [0.15, 0.2) is 0 Å². The molecule has 18 heavy (non-hydrogen) atoms. The first-order valence-electron chi connectivity index (χ1n) is 5.63. The monoisotopic (exact) mass is 292 g/mol. The summed E-state index contributed by atoms with van der Waals surface area (Å²) < 4.78 is 26.3. The molecule has 1 rings (SSSR count). The molecule has 102 valence electrons. The van der Waals surface area contributed by atoms with Gasteiger partial charge in [-0.2, -0.15) is 0 Å². The summed E-state index contributed by atoms with van der Waals surface area (Å²) in [6.07, 6.45) is 2.12. The van der Waals surface area contributed by atoms with E-state index in [4.69, 9.17) is 22.4 Å². The van der Waals surface area contributed by atoms with Crippen LogP contribution in [0.15, 0.2) is 23.1 Å². The Balaban J connectivity index is 2.63. The van der Waals surface area contributed by atoms with Gasteiger partial charge in [-0.1, -0.05) is 11.6 Å². The quantitative estimate of drug-likeness (QED) is 0.523. The summed E-state index contributed by atoms with van der Waals surface area (Å²) in [6, 6.07) is 4.27. The minimum Gasteiger partial charge on any atom is -0.398 e. The molecule has 0 fully saturated rings. The molecule has 0 amide bonds. The van der Waals surface area contributed by atoms with Crippen molar-refractivity contribution in [2.45, 2.75) is 24.2 Å². The number of sulfonamides is 1. The maximum absolute atomic E-state index is 11.9. The van der Waals surface area contributed by atoms with Crippen LogP contribution in [-0.4, -0.2) is 26.7 Å². The number of rotatable bonds is 7. The number of nitrogen functional groups attached to an aromatic ring is 1. The van der Waals surface area contributed by atoms with E-state index in [0.29, 0.717) is 24.4 Å². The summed E-state index contributed by atoms with van der Waals surface area (Å²) in [5.74, 6) is 0. The van der Waals surface area contributed by atoms with Crippen LogP contribution < -0.4 is 10.5 Å². The van der Waals surface area contributed by atoms with Crippen LogP contribution in [0.3, 0.4) is 0 Å². The van der Waals surface area contributed by atoms with Crippen molar-refractivity contribution >= 4 is 27.3 Å². The number of hydrogen-bond acceptors (Lipinski definition) is 4. The Hall–Kier alpha value is -0.820. The zero-order valence-electron chi connectivity index (χ0n) is 9.89. The van der Waals surface area contributed by atoms with Crippen LogP contribution in [0.5, 0.6) is 0 Å². The summed E-state index contributed by atoms with van der Waals surface area (Å²) in [5, 5.41) is 9.00. The number of anilines is 1. The number of unbranched alkanes of at least 4 members (excludes halogenated alkanes) is 2. The Morgan fingerprint density at radius 1 is 1.28 bits per heavy atom. The normalized spacial score (nSPS) is 11.7. The van der Waals surface area contributed by atoms with Gasteiger partial charge in [0.05, 0.1) is 5.69 Å². The highest BCUT2D eigenvalue weighted by atomic mass is 35.5. The van der Waals surface area contributed by atoms with Crippen LogP contribution in [0.25, 0.3) is 0 Å². The summed E-state index contributed by atoms with van der Waals surface area (Å²) >= 11 is 5.71. The number of hydrogen-bond donors (Lipinski definition) is 3. The summed E-state index contributed by atoms with van der Waals surface area (Å²) in [5.41, 5.74) is 5.75. The molecule has 0 aliphatic carbocycles. The van der Waals surface area contributed by atoms with Crippen LogP contribution in [0.2, 0.25) is 5.02 Å². The van der Waals surface area contributed by atoms with Crippen molar-refractivity contribution in [3.8, 4) is 0 Å². The molecule has 0 unspecified atom stereocenters. The van der Waals surface area contributed by atoms with E-state index in [0.717, 1.165) is 6.42 Å². The lowest BCUT2D eigenvalue weighted by Gasteiger charge is -2.09. The Morgan fingerprint density at radius 2 is 2.00 bits per heavy atom. The Morgan fingerprint density at radius 3 is 2.61 bits per heavy atom. The van der Waals surface area contributed by atoms with Crippen molar-refractivity contribution in [2.24, 2.45) is 0 Å². The van der Waals surface area contributed by atoms with Gasteiger partial charge in [0, 0.05) is 18.2 Å². The minimum atomic E-state index is -3.59. The van der Waals surface area contributed by atoms with E-state index in [-0.39, 0.29) is 17.2 Å². The number of aliphatic hydroxyl groups is 1. The fourth-order valence-corrected chi connectivity index (χ4v) is 2.83. The third-order valence-electron chi connectivity index (χ3n) is 2.39. The Bertz CT molecular complexity index is 491. The first-order chi connectivity index (χ1) is 8.47. The maximum Gasteiger partial charge on any atom is 0.242 e. The zero-order chi connectivity index (χ0) is 13.6. The highest BCUT2D eigenvalue weighted by Gasteiger charge is 2.16. The number of halogens is 1. The maximum atomic E-state index is 11.9. The Labute approximate surface area is 112 Å². The van der Waals surface area contributed by atoms with Crippen LogP contribution in [0.4, 0.5) is 5.69 Å². The number of nitrogens with one attached hydrogen (secondary N) is 1. The van der Waals surface area contributed by atoms with Gasteiger partial charge in [0.2, 0.25) is 10.0 Å². The van der Waals surface area contributed by atoms with Crippen molar-refractivity contribution in [2.75, 3.05) is 18.9 Å². The highest BCUT2D eigenvalue weighted by molar-refractivity contribution is 7.89. The Kier molecular flexibility index (Phi) is 5.87. The van der Waals surface area contributed by atoms with Gasteiger partial charge >= 0.3 is 0 Å². The lowest BCUT2D eigenvalue weighted by atomic mass is 10.2. The standard InChI is InChI=1S/C11H17ClN2O3S/c12-9-4-5-11(10(13)8-9)18(16,17)14-6-2-1-3-7-15/h4-5,8,14-15H,1-3,6-7,13H2. The molecule has 0 aromatic heterocycles. The predicted octanol–water partition coefficient (Wildman–Crippen LogP) is 1.36. The fourth-order valence-electron chi connectivity index (χ4n) is 1.46. The summed E-state index contributed by atoms with van der Waals surface area (Å²) in [6.45, 7) is 0.446. The second kappa shape index (κ2) is 6.94. The van der Waals surface area contributed by atoms with E-state index in [1.54, 1.807) is 0 Å². The predicted molar refractivity (Wildman–Crippen MR) is 72.0 cm³/mol. The first kappa shape index (κ1) is 15.2. The van der Waals surface area contributed by atoms with Gasteiger partial charge in [-0.3, -0.25) is 0 Å². The van der Waals surface area contributed by atoms with E-state index >= 15 is 0 Å². The van der Waals surface area contributed by atoms with Crippen molar-refractivity contribution < 1.29 is 13.5 Å². The molecule has 0 saturated heterocycles. The molecule has 0 radical (unpaired) electrons. The average molecular weight is 293 g/mol. The number of benzene rings is 1. The van der Waals surface area contributed by atoms with Crippen molar-refractivity contribution in [1.29, 1.82) is 0 Å². The van der Waals surface area contributed by atoms with Gasteiger partial charge in [-0.15, -0.1) is 0 Å². The topological polar surface area (TPSA) is 92.4 Å². The highest BCUT2D eigenvalue weighted by Crippen LogP contribution is 2.22. The van der Waals surface area contributed by atoms with E-state index < -0.39 is 10.0 Å². The van der Waals surface area contributed by atoms with Crippen LogP contribution in [0, 0.1) is 0 Å². The van der Waals surface area contributed by atoms with Gasteiger partial charge in [0.25, 0.3) is 0 Å². The number of aliphatic hydroxyl groups excluding tert-OH is 1. The molecule has 0 spiro atoms. The lowest BCUT2D eigenvalue weighted by Crippen LogP contribution is -2.25. The molecular formula is C11H17ClN2O3S. The van der Waals surface area contributed by atoms with Crippen LogP contribution in [-0.2, 0) is 10.0 Å². The van der Waals surface area contributed by atoms with Gasteiger partial charge < -0.3 is 10.8 Å². The summed E-state index contributed by atoms with van der Waals surface area (Å²) in [4.78, 5) is 0.0362. The third-order valence-corrected chi connectivity index (χ3v) is 4.16. The molecule has 0 atom stereocenters. The molecular weight excluding hydrogens is 276 g/mol. The summed E-state index contributed by atoms with van der Waals surface area (Å²) in [7, 11) is -3.59. The second-order valence-corrected chi connectivity index (χ2v) is 6.04. The second-order valence-electron chi connectivity index (χ2n) is 3.86. The zero-order valence-corrected chi connectivity index (χ0v) is 11.5. The first-order valence-corrected chi connectivity index (χ1v) is 7.49. The van der Waals surface area contributed by atoms with Gasteiger partial charge in [-0.25, -0.2) is 13.1 Å². The van der Waals surface area contributed by atoms with Crippen LogP contribution in [0.1, 0.15) is 19.3 Å². The van der Waals surface area contributed by atoms with Crippen LogP contribution >= 0.6 is 11.6 Å². The third kappa shape index (κ3) is 4.45. The molecule has 1 aromatic rings. The van der Waals surface area contributed by atoms with E-state index in [1.165, 1.54) is 18.2 Å². The van der Waals surface area contributed by atoms with E-state index in [2.05, 4.69) is 4.72 Å². The number of nitrogens with two attached hydrogens (primary N) is 1. The smallest absolute Gasteiger partial charge is 0.242 e. The molecule has 7 heteroatoms. The van der Waals surface area contributed by atoms with Crippen molar-refractivity contribution in [3.05, 3.63) is 23.2 Å². The minimum absolute atomic E-state index is 0.0362. The van der Waals surface area contributed by atoms with Gasteiger partial charge in [0.1, 0.15) is 4.90 Å². The molecule has 0 bridgehead atoms. The molecule has 0 heterocycles. The van der Waals surface area contributed by atoms with Gasteiger partial charge in [-0.05, 0) is 37.5 Å².